The summed E-state index contributed by atoms with van der Waals surface area (Å²) in [6, 6.07) is 7.98. The summed E-state index contributed by atoms with van der Waals surface area (Å²) in [6.07, 6.45) is 4.37. The van der Waals surface area contributed by atoms with Crippen LogP contribution in [0, 0.1) is 0 Å². The number of carboxylic acid groups (broad SMARTS) is 1. The number of rotatable bonds is 1. The van der Waals surface area contributed by atoms with E-state index in [1.807, 2.05) is 18.2 Å². The molecule has 1 aliphatic carbocycles. The van der Waals surface area contributed by atoms with Gasteiger partial charge in [-0.1, -0.05) is 24.3 Å². The van der Waals surface area contributed by atoms with Crippen molar-refractivity contribution in [2.75, 3.05) is 0 Å². The van der Waals surface area contributed by atoms with Gasteiger partial charge in [-0.25, -0.2) is 4.79 Å². The molecule has 1 aromatic rings. The molecule has 1 aromatic carbocycles. The van der Waals surface area contributed by atoms with Crippen LogP contribution in [0.25, 0.3) is 6.08 Å². The molecule has 0 saturated carbocycles. The Morgan fingerprint density at radius 3 is 2.79 bits per heavy atom. The third-order valence-corrected chi connectivity index (χ3v) is 2.55. The summed E-state index contributed by atoms with van der Waals surface area (Å²) < 4.78 is 0. The summed E-state index contributed by atoms with van der Waals surface area (Å²) in [5.74, 6) is -0.790. The van der Waals surface area contributed by atoms with Gasteiger partial charge in [-0.2, -0.15) is 0 Å². The van der Waals surface area contributed by atoms with Crippen molar-refractivity contribution in [2.45, 2.75) is 19.3 Å². The lowest BCUT2D eigenvalue weighted by Gasteiger charge is -2.00. The highest BCUT2D eigenvalue weighted by molar-refractivity contribution is 5.92. The van der Waals surface area contributed by atoms with Gasteiger partial charge in [-0.15, -0.1) is 0 Å². The summed E-state index contributed by atoms with van der Waals surface area (Å²) in [5, 5.41) is 8.92. The van der Waals surface area contributed by atoms with Gasteiger partial charge in [0, 0.05) is 5.57 Å². The van der Waals surface area contributed by atoms with Crippen LogP contribution in [0.1, 0.15) is 24.0 Å². The average molecular weight is 188 g/mol. The maximum atomic E-state index is 10.8. The smallest absolute Gasteiger partial charge is 0.331 e. The minimum absolute atomic E-state index is 0.523. The molecule has 0 amide bonds. The number of benzene rings is 1. The lowest BCUT2D eigenvalue weighted by Crippen LogP contribution is -1.99. The van der Waals surface area contributed by atoms with Crippen LogP contribution in [0.5, 0.6) is 0 Å². The van der Waals surface area contributed by atoms with E-state index in [0.29, 0.717) is 12.0 Å². The highest BCUT2D eigenvalue weighted by atomic mass is 16.4. The fraction of sp³-hybridized carbons (Fsp3) is 0.250. The maximum absolute atomic E-state index is 10.8. The minimum atomic E-state index is -0.790. The van der Waals surface area contributed by atoms with Gasteiger partial charge in [0.1, 0.15) is 0 Å². The molecule has 72 valence electrons. The van der Waals surface area contributed by atoms with Gasteiger partial charge in [-0.3, -0.25) is 0 Å². The predicted octanol–water partition coefficient (Wildman–Crippen LogP) is 2.49. The molecule has 0 aliphatic heterocycles. The number of aliphatic carboxylic acids is 1. The van der Waals surface area contributed by atoms with E-state index in [9.17, 15) is 4.79 Å². The Kier molecular flexibility index (Phi) is 2.35. The lowest BCUT2D eigenvalue weighted by atomic mass is 10.1. The van der Waals surface area contributed by atoms with Crippen LogP contribution >= 0.6 is 0 Å². The van der Waals surface area contributed by atoms with E-state index < -0.39 is 5.97 Å². The van der Waals surface area contributed by atoms with E-state index >= 15 is 0 Å². The van der Waals surface area contributed by atoms with Crippen LogP contribution in [0.4, 0.5) is 0 Å². The van der Waals surface area contributed by atoms with Crippen molar-refractivity contribution in [1.82, 2.24) is 0 Å². The van der Waals surface area contributed by atoms with Crippen LogP contribution < -0.4 is 0 Å². The molecule has 0 fully saturated rings. The van der Waals surface area contributed by atoms with Crippen molar-refractivity contribution in [1.29, 1.82) is 0 Å². The summed E-state index contributed by atoms with van der Waals surface area (Å²) >= 11 is 0. The average Bonchev–Trinajstić information content (AvgIpc) is 2.39. The summed E-state index contributed by atoms with van der Waals surface area (Å²) in [4.78, 5) is 10.8. The fourth-order valence-corrected chi connectivity index (χ4v) is 1.80. The molecule has 14 heavy (non-hydrogen) atoms. The molecule has 1 N–H and O–H groups in total. The first-order valence-corrected chi connectivity index (χ1v) is 4.79. The van der Waals surface area contributed by atoms with E-state index in [-0.39, 0.29) is 0 Å². The van der Waals surface area contributed by atoms with Gasteiger partial charge in [0.2, 0.25) is 0 Å². The normalized spacial score (nSPS) is 15.3. The molecule has 0 aromatic heterocycles. The predicted molar refractivity (Wildman–Crippen MR) is 55.0 cm³/mol. The molecule has 0 saturated heterocycles. The largest absolute Gasteiger partial charge is 0.478 e. The molecule has 0 radical (unpaired) electrons. The summed E-state index contributed by atoms with van der Waals surface area (Å²) in [5.41, 5.74) is 2.83. The molecule has 0 bridgehead atoms. The van der Waals surface area contributed by atoms with Crippen LogP contribution in [-0.4, -0.2) is 11.1 Å². The zero-order valence-corrected chi connectivity index (χ0v) is 7.86. The third-order valence-electron chi connectivity index (χ3n) is 2.55. The van der Waals surface area contributed by atoms with Crippen molar-refractivity contribution < 1.29 is 9.90 Å². The fourth-order valence-electron chi connectivity index (χ4n) is 1.80. The molecule has 1 aliphatic rings. The van der Waals surface area contributed by atoms with E-state index in [0.717, 1.165) is 18.4 Å². The Morgan fingerprint density at radius 1 is 1.21 bits per heavy atom. The van der Waals surface area contributed by atoms with Gasteiger partial charge in [0.25, 0.3) is 0 Å². The number of fused-ring (bicyclic) bond motifs is 1. The Morgan fingerprint density at radius 2 is 2.00 bits per heavy atom. The summed E-state index contributed by atoms with van der Waals surface area (Å²) in [7, 11) is 0. The second kappa shape index (κ2) is 3.66. The monoisotopic (exact) mass is 188 g/mol. The Hall–Kier alpha value is -1.57. The van der Waals surface area contributed by atoms with Crippen LogP contribution in [0.2, 0.25) is 0 Å². The number of aryl methyl sites for hydroxylation is 1. The minimum Gasteiger partial charge on any atom is -0.478 e. The van der Waals surface area contributed by atoms with E-state index in [1.54, 1.807) is 6.08 Å². The molecule has 2 heteroatoms. The third kappa shape index (κ3) is 1.69. The molecular weight excluding hydrogens is 176 g/mol. The Balaban J connectivity index is 2.44. The van der Waals surface area contributed by atoms with Crippen LogP contribution in [-0.2, 0) is 11.2 Å². The molecule has 0 atom stereocenters. The van der Waals surface area contributed by atoms with Crippen molar-refractivity contribution in [3.05, 3.63) is 41.0 Å². The number of carbonyl (C=O) groups is 1. The second-order valence-electron chi connectivity index (χ2n) is 3.53. The Bertz CT molecular complexity index is 391. The van der Waals surface area contributed by atoms with Crippen molar-refractivity contribution in [3.63, 3.8) is 0 Å². The van der Waals surface area contributed by atoms with E-state index in [1.165, 1.54) is 5.56 Å². The summed E-state index contributed by atoms with van der Waals surface area (Å²) in [6.45, 7) is 0. The molecule has 2 nitrogen and oxygen atoms in total. The van der Waals surface area contributed by atoms with Gasteiger partial charge in [-0.05, 0) is 36.5 Å². The standard InChI is InChI=1S/C12H12O2/c13-12(14)11-7-3-6-9-4-1-2-5-10(9)8-11/h1-2,4-5,8H,3,6-7H2,(H,13,14). The first-order chi connectivity index (χ1) is 6.77. The van der Waals surface area contributed by atoms with E-state index in [4.69, 9.17) is 5.11 Å². The van der Waals surface area contributed by atoms with E-state index in [2.05, 4.69) is 6.07 Å². The topological polar surface area (TPSA) is 37.3 Å². The zero-order valence-electron chi connectivity index (χ0n) is 7.86. The second-order valence-corrected chi connectivity index (χ2v) is 3.53. The quantitative estimate of drug-likeness (QED) is 0.735. The van der Waals surface area contributed by atoms with Crippen molar-refractivity contribution >= 4 is 12.0 Å². The van der Waals surface area contributed by atoms with Gasteiger partial charge >= 0.3 is 5.97 Å². The van der Waals surface area contributed by atoms with Crippen molar-refractivity contribution in [3.8, 4) is 0 Å². The first-order valence-electron chi connectivity index (χ1n) is 4.79. The highest BCUT2D eigenvalue weighted by Gasteiger charge is 2.12. The molecule has 0 spiro atoms. The molecule has 0 heterocycles. The van der Waals surface area contributed by atoms with Gasteiger partial charge in [0.05, 0.1) is 0 Å². The van der Waals surface area contributed by atoms with Gasteiger partial charge in [0.15, 0.2) is 0 Å². The zero-order chi connectivity index (χ0) is 9.97. The number of hydrogen-bond donors (Lipinski definition) is 1. The molecule has 0 unspecified atom stereocenters. The molecule has 2 rings (SSSR count). The maximum Gasteiger partial charge on any atom is 0.331 e. The van der Waals surface area contributed by atoms with Gasteiger partial charge < -0.3 is 5.11 Å². The number of carboxylic acids is 1. The van der Waals surface area contributed by atoms with Crippen LogP contribution in [0.3, 0.4) is 0 Å². The SMILES string of the molecule is O=C(O)C1=Cc2ccccc2CCC1. The highest BCUT2D eigenvalue weighted by Crippen LogP contribution is 2.22. The first kappa shape index (κ1) is 9.00. The van der Waals surface area contributed by atoms with Crippen LogP contribution in [0.15, 0.2) is 29.8 Å². The molecular formula is C12H12O2. The van der Waals surface area contributed by atoms with Crippen molar-refractivity contribution in [2.24, 2.45) is 0 Å². The lowest BCUT2D eigenvalue weighted by molar-refractivity contribution is -0.132. The Labute approximate surface area is 82.9 Å². The number of hydrogen-bond acceptors (Lipinski definition) is 1.